The van der Waals surface area contributed by atoms with Crippen molar-refractivity contribution in [2.75, 3.05) is 24.5 Å². The number of rotatable bonds is 7. The van der Waals surface area contributed by atoms with Crippen LogP contribution in [-0.4, -0.2) is 30.6 Å². The minimum Gasteiger partial charge on any atom is -0.364 e. The van der Waals surface area contributed by atoms with Gasteiger partial charge in [0.25, 0.3) is 0 Å². The van der Waals surface area contributed by atoms with Crippen molar-refractivity contribution in [1.82, 2.24) is 5.32 Å². The second kappa shape index (κ2) is 7.36. The molecule has 1 aliphatic heterocycles. The first-order valence-electron chi connectivity index (χ1n) is 7.54. The monoisotopic (exact) mass is 295 g/mol. The zero-order chi connectivity index (χ0) is 15.2. The van der Waals surface area contributed by atoms with Crippen molar-refractivity contribution in [3.8, 4) is 0 Å². The van der Waals surface area contributed by atoms with E-state index < -0.39 is 16.4 Å². The summed E-state index contributed by atoms with van der Waals surface area (Å²) in [5, 5.41) is 14.6. The molecule has 1 N–H and O–H groups in total. The molecule has 1 heterocycles. The van der Waals surface area contributed by atoms with Gasteiger partial charge in [0.2, 0.25) is 5.82 Å². The number of hydrogen-bond donors (Lipinski definition) is 1. The summed E-state index contributed by atoms with van der Waals surface area (Å²) in [6.45, 7) is 4.45. The maximum Gasteiger partial charge on any atom is 0.327 e. The molecule has 1 unspecified atom stereocenters. The molecule has 116 valence electrons. The molecule has 5 nitrogen and oxygen atoms in total. The number of hydrogen-bond acceptors (Lipinski definition) is 4. The smallest absolute Gasteiger partial charge is 0.327 e. The molecular formula is C15H22FN3O2. The molecule has 0 amide bonds. The summed E-state index contributed by atoms with van der Waals surface area (Å²) in [5.74, 6) is -0.765. The number of benzene rings is 1. The Morgan fingerprint density at radius 1 is 1.52 bits per heavy atom. The lowest BCUT2D eigenvalue weighted by Gasteiger charge is -2.27. The van der Waals surface area contributed by atoms with E-state index in [2.05, 4.69) is 12.2 Å². The Balaban J connectivity index is 2.26. The van der Waals surface area contributed by atoms with Gasteiger partial charge >= 0.3 is 5.69 Å². The van der Waals surface area contributed by atoms with Gasteiger partial charge in [-0.05, 0) is 37.9 Å². The summed E-state index contributed by atoms with van der Waals surface area (Å²) in [5.41, 5.74) is -0.0197. The van der Waals surface area contributed by atoms with Crippen LogP contribution in [0.25, 0.3) is 0 Å². The van der Waals surface area contributed by atoms with E-state index in [0.29, 0.717) is 24.8 Å². The fourth-order valence-electron chi connectivity index (χ4n) is 2.78. The van der Waals surface area contributed by atoms with Gasteiger partial charge < -0.3 is 10.2 Å². The van der Waals surface area contributed by atoms with Crippen molar-refractivity contribution >= 4 is 11.4 Å². The Bertz CT molecular complexity index is 490. The van der Waals surface area contributed by atoms with Crippen molar-refractivity contribution in [2.24, 2.45) is 0 Å². The molecule has 1 aromatic carbocycles. The lowest BCUT2D eigenvalue weighted by molar-refractivity contribution is -0.386. The molecule has 1 aromatic rings. The lowest BCUT2D eigenvalue weighted by atomic mass is 10.1. The molecule has 0 bridgehead atoms. The van der Waals surface area contributed by atoms with Crippen LogP contribution in [0.3, 0.4) is 0 Å². The van der Waals surface area contributed by atoms with Crippen molar-refractivity contribution in [2.45, 2.75) is 38.6 Å². The van der Waals surface area contributed by atoms with E-state index in [1.54, 1.807) is 12.1 Å². The summed E-state index contributed by atoms with van der Waals surface area (Å²) in [6.07, 6.45) is 4.11. The van der Waals surface area contributed by atoms with Crippen molar-refractivity contribution in [3.05, 3.63) is 34.1 Å². The number of halogens is 1. The third-order valence-electron chi connectivity index (χ3n) is 3.87. The number of para-hydroxylation sites is 1. The lowest BCUT2D eigenvalue weighted by Crippen LogP contribution is -2.38. The number of nitrogens with zero attached hydrogens (tertiary/aromatic N) is 2. The van der Waals surface area contributed by atoms with Crippen molar-refractivity contribution in [1.29, 1.82) is 0 Å². The van der Waals surface area contributed by atoms with Gasteiger partial charge in [-0.2, -0.15) is 4.39 Å². The first kappa shape index (κ1) is 15.7. The highest BCUT2D eigenvalue weighted by atomic mass is 19.1. The maximum atomic E-state index is 13.8. The van der Waals surface area contributed by atoms with E-state index in [4.69, 9.17) is 0 Å². The van der Waals surface area contributed by atoms with Gasteiger partial charge in [-0.1, -0.05) is 19.4 Å². The standard InChI is InChI=1S/C15H22FN3O2/c1-2-3-10-18(11-12-6-5-9-17-12)14-8-4-7-13(16)15(14)19(20)21/h4,7-8,12,17H,2-3,5-6,9-11H2,1H3. The highest BCUT2D eigenvalue weighted by Crippen LogP contribution is 2.31. The van der Waals surface area contributed by atoms with Crippen LogP contribution in [0.2, 0.25) is 0 Å². The van der Waals surface area contributed by atoms with Crippen LogP contribution >= 0.6 is 0 Å². The van der Waals surface area contributed by atoms with Gasteiger partial charge in [0.05, 0.1) is 4.92 Å². The van der Waals surface area contributed by atoms with Gasteiger partial charge in [-0.25, -0.2) is 0 Å². The Morgan fingerprint density at radius 3 is 2.95 bits per heavy atom. The number of nitrogens with one attached hydrogen (secondary N) is 1. The fourth-order valence-corrected chi connectivity index (χ4v) is 2.78. The zero-order valence-electron chi connectivity index (χ0n) is 12.3. The summed E-state index contributed by atoms with van der Waals surface area (Å²) >= 11 is 0. The Hall–Kier alpha value is -1.69. The Morgan fingerprint density at radius 2 is 2.33 bits per heavy atom. The molecule has 21 heavy (non-hydrogen) atoms. The fraction of sp³-hybridized carbons (Fsp3) is 0.600. The summed E-state index contributed by atoms with van der Waals surface area (Å²) in [6, 6.07) is 4.66. The Kier molecular flexibility index (Phi) is 5.50. The second-order valence-electron chi connectivity index (χ2n) is 5.46. The van der Waals surface area contributed by atoms with Crippen molar-refractivity contribution < 1.29 is 9.31 Å². The van der Waals surface area contributed by atoms with Gasteiger partial charge in [-0.15, -0.1) is 0 Å². The zero-order valence-corrected chi connectivity index (χ0v) is 12.3. The predicted octanol–water partition coefficient (Wildman–Crippen LogP) is 3.09. The quantitative estimate of drug-likeness (QED) is 0.620. The van der Waals surface area contributed by atoms with Gasteiger partial charge in [0, 0.05) is 19.1 Å². The van der Waals surface area contributed by atoms with Gasteiger partial charge in [0.15, 0.2) is 0 Å². The average Bonchev–Trinajstić information content (AvgIpc) is 2.95. The van der Waals surface area contributed by atoms with E-state index >= 15 is 0 Å². The highest BCUT2D eigenvalue weighted by Gasteiger charge is 2.26. The molecule has 2 rings (SSSR count). The third kappa shape index (κ3) is 3.91. The third-order valence-corrected chi connectivity index (χ3v) is 3.87. The minimum absolute atomic E-state index is 0.324. The largest absolute Gasteiger partial charge is 0.364 e. The van der Waals surface area contributed by atoms with Gasteiger partial charge in [-0.3, -0.25) is 10.1 Å². The van der Waals surface area contributed by atoms with Crippen LogP contribution in [-0.2, 0) is 0 Å². The van der Waals surface area contributed by atoms with E-state index in [0.717, 1.165) is 38.3 Å². The van der Waals surface area contributed by atoms with E-state index in [9.17, 15) is 14.5 Å². The van der Waals surface area contributed by atoms with E-state index in [1.165, 1.54) is 0 Å². The molecule has 0 saturated carbocycles. The van der Waals surface area contributed by atoms with Gasteiger partial charge in [0.1, 0.15) is 5.69 Å². The molecule has 6 heteroatoms. The molecule has 0 aromatic heterocycles. The minimum atomic E-state index is -0.765. The maximum absolute atomic E-state index is 13.8. The molecule has 0 radical (unpaired) electrons. The number of nitro benzene ring substituents is 1. The topological polar surface area (TPSA) is 58.4 Å². The van der Waals surface area contributed by atoms with Crippen LogP contribution in [0.1, 0.15) is 32.6 Å². The first-order chi connectivity index (χ1) is 10.1. The first-order valence-corrected chi connectivity index (χ1v) is 7.54. The number of nitro groups is 1. The number of unbranched alkanes of at least 4 members (excludes halogenated alkanes) is 1. The Labute approximate surface area is 124 Å². The second-order valence-corrected chi connectivity index (χ2v) is 5.46. The molecule has 1 atom stereocenters. The van der Waals surface area contributed by atoms with E-state index in [1.807, 2.05) is 4.90 Å². The molecule has 1 saturated heterocycles. The molecular weight excluding hydrogens is 273 g/mol. The highest BCUT2D eigenvalue weighted by molar-refractivity contribution is 5.64. The molecule has 0 aliphatic carbocycles. The normalized spacial score (nSPS) is 17.9. The van der Waals surface area contributed by atoms with E-state index in [-0.39, 0.29) is 0 Å². The van der Waals surface area contributed by atoms with Crippen LogP contribution < -0.4 is 10.2 Å². The van der Waals surface area contributed by atoms with Crippen LogP contribution in [0.5, 0.6) is 0 Å². The summed E-state index contributed by atoms with van der Waals surface area (Å²) in [4.78, 5) is 12.5. The average molecular weight is 295 g/mol. The number of anilines is 1. The molecule has 1 aliphatic rings. The van der Waals surface area contributed by atoms with Crippen LogP contribution in [0, 0.1) is 15.9 Å². The summed E-state index contributed by atoms with van der Waals surface area (Å²) < 4.78 is 13.8. The van der Waals surface area contributed by atoms with Crippen LogP contribution in [0.15, 0.2) is 18.2 Å². The van der Waals surface area contributed by atoms with Crippen molar-refractivity contribution in [3.63, 3.8) is 0 Å². The summed E-state index contributed by atoms with van der Waals surface area (Å²) in [7, 11) is 0. The molecule has 1 fully saturated rings. The predicted molar refractivity (Wildman–Crippen MR) is 81.2 cm³/mol. The van der Waals surface area contributed by atoms with Crippen LogP contribution in [0.4, 0.5) is 15.8 Å². The molecule has 0 spiro atoms. The SMILES string of the molecule is CCCCN(CC1CCCN1)c1cccc(F)c1[N+](=O)[O-].